The summed E-state index contributed by atoms with van der Waals surface area (Å²) in [4.78, 5) is 44.8. The Morgan fingerprint density at radius 1 is 0.949 bits per heavy atom. The normalized spacial score (nSPS) is 24.4. The molecule has 0 aromatic heterocycles. The van der Waals surface area contributed by atoms with Crippen molar-refractivity contribution < 1.29 is 23.5 Å². The van der Waals surface area contributed by atoms with E-state index in [1.807, 2.05) is 34.1 Å². The van der Waals surface area contributed by atoms with Crippen molar-refractivity contribution in [3.05, 3.63) is 64.9 Å². The molecule has 0 N–H and O–H groups in total. The molecule has 3 unspecified atom stereocenters. The SMILES string of the molecule is CN(C(=O)Oc1ccc(F)cc1)C1CN(C(=O)C2CCN(C(=O)C3CC3(C)C)CC2)CC1c1ccc(Cl)cc1. The fraction of sp³-hybridized carbons (Fsp3) is 0.500. The minimum Gasteiger partial charge on any atom is -0.410 e. The fourth-order valence-corrected chi connectivity index (χ4v) is 6.05. The minimum atomic E-state index is -0.574. The lowest BCUT2D eigenvalue weighted by atomic mass is 9.93. The van der Waals surface area contributed by atoms with E-state index in [4.69, 9.17) is 16.3 Å². The molecule has 0 radical (unpaired) electrons. The summed E-state index contributed by atoms with van der Waals surface area (Å²) in [6.45, 7) is 6.29. The van der Waals surface area contributed by atoms with Crippen LogP contribution in [0.4, 0.5) is 9.18 Å². The first-order chi connectivity index (χ1) is 18.5. The average molecular weight is 556 g/mol. The van der Waals surface area contributed by atoms with Crippen LogP contribution < -0.4 is 4.74 Å². The third-order valence-corrected chi connectivity index (χ3v) is 8.92. The van der Waals surface area contributed by atoms with Gasteiger partial charge in [-0.25, -0.2) is 9.18 Å². The van der Waals surface area contributed by atoms with Gasteiger partial charge in [-0.3, -0.25) is 9.59 Å². The molecule has 208 valence electrons. The summed E-state index contributed by atoms with van der Waals surface area (Å²) in [5, 5.41) is 0.612. The highest BCUT2D eigenvalue weighted by atomic mass is 35.5. The summed E-state index contributed by atoms with van der Waals surface area (Å²) in [7, 11) is 1.66. The number of carbonyl (C=O) groups is 3. The molecule has 39 heavy (non-hydrogen) atoms. The lowest BCUT2D eigenvalue weighted by Crippen LogP contribution is -2.46. The van der Waals surface area contributed by atoms with E-state index < -0.39 is 11.9 Å². The van der Waals surface area contributed by atoms with Crippen molar-refractivity contribution in [1.82, 2.24) is 14.7 Å². The molecule has 2 saturated heterocycles. The third-order valence-electron chi connectivity index (χ3n) is 8.67. The Morgan fingerprint density at radius 2 is 1.56 bits per heavy atom. The molecule has 2 aliphatic heterocycles. The molecule has 0 bridgehead atoms. The van der Waals surface area contributed by atoms with Crippen LogP contribution in [-0.4, -0.2) is 71.9 Å². The van der Waals surface area contributed by atoms with Crippen LogP contribution >= 0.6 is 11.6 Å². The number of carbonyl (C=O) groups excluding carboxylic acids is 3. The van der Waals surface area contributed by atoms with Gasteiger partial charge in [0.05, 0.1) is 6.04 Å². The first-order valence-electron chi connectivity index (χ1n) is 13.6. The van der Waals surface area contributed by atoms with Gasteiger partial charge in [0.2, 0.25) is 11.8 Å². The van der Waals surface area contributed by atoms with E-state index >= 15 is 0 Å². The number of halogens is 2. The fourth-order valence-electron chi connectivity index (χ4n) is 5.92. The van der Waals surface area contributed by atoms with Crippen LogP contribution in [0.15, 0.2) is 48.5 Å². The largest absolute Gasteiger partial charge is 0.415 e. The quantitative estimate of drug-likeness (QED) is 0.509. The number of nitrogens with zero attached hydrogens (tertiary/aromatic N) is 3. The number of likely N-dealkylation sites (tertiary alicyclic amines) is 2. The summed E-state index contributed by atoms with van der Waals surface area (Å²) < 4.78 is 18.8. The van der Waals surface area contributed by atoms with E-state index in [1.165, 1.54) is 29.2 Å². The van der Waals surface area contributed by atoms with Gasteiger partial charge in [-0.1, -0.05) is 37.6 Å². The van der Waals surface area contributed by atoms with Crippen molar-refractivity contribution in [3.63, 3.8) is 0 Å². The summed E-state index contributed by atoms with van der Waals surface area (Å²) in [5.74, 6) is -0.0556. The highest BCUT2D eigenvalue weighted by Gasteiger charge is 2.52. The molecule has 3 aliphatic rings. The molecule has 3 fully saturated rings. The van der Waals surface area contributed by atoms with E-state index in [2.05, 4.69) is 13.8 Å². The van der Waals surface area contributed by atoms with Gasteiger partial charge in [0.15, 0.2) is 0 Å². The summed E-state index contributed by atoms with van der Waals surface area (Å²) >= 11 is 6.12. The molecule has 2 aromatic rings. The Bertz CT molecular complexity index is 1230. The lowest BCUT2D eigenvalue weighted by molar-refractivity contribution is -0.141. The van der Waals surface area contributed by atoms with Crippen LogP contribution in [0.2, 0.25) is 5.02 Å². The molecule has 9 heteroatoms. The van der Waals surface area contributed by atoms with Gasteiger partial charge in [-0.2, -0.15) is 0 Å². The van der Waals surface area contributed by atoms with Crippen LogP contribution in [0, 0.1) is 23.1 Å². The number of hydrogen-bond donors (Lipinski definition) is 0. The second-order valence-electron chi connectivity index (χ2n) is 11.7. The van der Waals surface area contributed by atoms with Crippen molar-refractivity contribution in [3.8, 4) is 5.75 Å². The summed E-state index contributed by atoms with van der Waals surface area (Å²) in [6.07, 6.45) is 1.65. The molecule has 1 aliphatic carbocycles. The molecule has 1 saturated carbocycles. The predicted molar refractivity (Wildman–Crippen MR) is 146 cm³/mol. The predicted octanol–water partition coefficient (Wildman–Crippen LogP) is 5.19. The van der Waals surface area contributed by atoms with E-state index in [-0.39, 0.29) is 46.8 Å². The highest BCUT2D eigenvalue weighted by Crippen LogP contribution is 2.52. The molecule has 3 amide bonds. The van der Waals surface area contributed by atoms with E-state index in [0.29, 0.717) is 44.0 Å². The molecule has 5 rings (SSSR count). The maximum Gasteiger partial charge on any atom is 0.415 e. The van der Waals surface area contributed by atoms with Gasteiger partial charge in [0.25, 0.3) is 0 Å². The van der Waals surface area contributed by atoms with Crippen molar-refractivity contribution in [1.29, 1.82) is 0 Å². The number of hydrogen-bond acceptors (Lipinski definition) is 4. The number of amides is 3. The van der Waals surface area contributed by atoms with Gasteiger partial charge < -0.3 is 19.4 Å². The zero-order chi connectivity index (χ0) is 27.9. The van der Waals surface area contributed by atoms with Crippen molar-refractivity contribution in [2.45, 2.75) is 45.1 Å². The second-order valence-corrected chi connectivity index (χ2v) is 12.2. The molecule has 2 aromatic carbocycles. The minimum absolute atomic E-state index is 0.0654. The van der Waals surface area contributed by atoms with E-state index in [9.17, 15) is 18.8 Å². The Balaban J connectivity index is 1.26. The van der Waals surface area contributed by atoms with Gasteiger partial charge in [0.1, 0.15) is 11.6 Å². The van der Waals surface area contributed by atoms with Gasteiger partial charge in [0, 0.05) is 56.0 Å². The van der Waals surface area contributed by atoms with Gasteiger partial charge >= 0.3 is 6.09 Å². The Kier molecular flexibility index (Phi) is 7.60. The second kappa shape index (κ2) is 10.8. The zero-order valence-corrected chi connectivity index (χ0v) is 23.4. The summed E-state index contributed by atoms with van der Waals surface area (Å²) in [6, 6.07) is 12.4. The maximum absolute atomic E-state index is 13.6. The lowest BCUT2D eigenvalue weighted by Gasteiger charge is -2.33. The van der Waals surface area contributed by atoms with Crippen LogP contribution in [-0.2, 0) is 9.59 Å². The standard InChI is InChI=1S/C30H35ClFN3O4/c1-30(2)16-25(30)28(37)34-14-12-20(13-15-34)27(36)35-17-24(19-4-6-21(31)7-5-19)26(18-35)33(3)29(38)39-23-10-8-22(32)9-11-23/h4-11,20,24-26H,12-18H2,1-3H3. The zero-order valence-electron chi connectivity index (χ0n) is 22.6. The maximum atomic E-state index is 13.6. The molecular formula is C30H35ClFN3O4. The first kappa shape index (κ1) is 27.4. The van der Waals surface area contributed by atoms with Crippen LogP contribution in [0.25, 0.3) is 0 Å². The van der Waals surface area contributed by atoms with Crippen molar-refractivity contribution in [2.24, 2.45) is 17.3 Å². The molecule has 7 nitrogen and oxygen atoms in total. The van der Waals surface area contributed by atoms with E-state index in [1.54, 1.807) is 7.05 Å². The number of benzene rings is 2. The molecular weight excluding hydrogens is 521 g/mol. The van der Waals surface area contributed by atoms with Crippen molar-refractivity contribution >= 4 is 29.5 Å². The highest BCUT2D eigenvalue weighted by molar-refractivity contribution is 6.30. The van der Waals surface area contributed by atoms with Crippen LogP contribution in [0.5, 0.6) is 5.75 Å². The molecule has 2 heterocycles. The smallest absolute Gasteiger partial charge is 0.410 e. The monoisotopic (exact) mass is 555 g/mol. The summed E-state index contributed by atoms with van der Waals surface area (Å²) in [5.41, 5.74) is 1.07. The topological polar surface area (TPSA) is 70.2 Å². The number of ether oxygens (including phenoxy) is 1. The van der Waals surface area contributed by atoms with Gasteiger partial charge in [-0.15, -0.1) is 0 Å². The average Bonchev–Trinajstić information content (AvgIpc) is 3.35. The Morgan fingerprint density at radius 3 is 2.15 bits per heavy atom. The van der Waals surface area contributed by atoms with Gasteiger partial charge in [-0.05, 0) is 66.6 Å². The number of piperidine rings is 1. The number of rotatable bonds is 5. The first-order valence-corrected chi connectivity index (χ1v) is 13.9. The van der Waals surface area contributed by atoms with Crippen LogP contribution in [0.3, 0.4) is 0 Å². The third kappa shape index (κ3) is 5.91. The van der Waals surface area contributed by atoms with E-state index in [0.717, 1.165) is 12.0 Å². The molecule has 0 spiro atoms. The Labute approximate surface area is 233 Å². The number of likely N-dealkylation sites (N-methyl/N-ethyl adjacent to an activating group) is 1. The Hall–Kier alpha value is -3.13. The molecule has 3 atom stereocenters. The van der Waals surface area contributed by atoms with Crippen LogP contribution in [0.1, 0.15) is 44.6 Å². The van der Waals surface area contributed by atoms with Crippen molar-refractivity contribution in [2.75, 3.05) is 33.2 Å².